The van der Waals surface area contributed by atoms with E-state index >= 15 is 0 Å². The second-order valence-electron chi connectivity index (χ2n) is 4.63. The van der Waals surface area contributed by atoms with Crippen LogP contribution < -0.4 is 0 Å². The smallest absolute Gasteiger partial charge is 0.349 e. The molecule has 0 saturated carbocycles. The second kappa shape index (κ2) is 8.42. The minimum Gasteiger partial charge on any atom is -0.459 e. The van der Waals surface area contributed by atoms with Crippen LogP contribution in [0.5, 0.6) is 0 Å². The Labute approximate surface area is 129 Å². The van der Waals surface area contributed by atoms with Crippen LogP contribution in [0, 0.1) is 18.3 Å². The number of esters is 2. The first-order valence-electron chi connectivity index (χ1n) is 6.62. The average molecular weight is 299 g/mol. The Balaban J connectivity index is 2.55. The van der Waals surface area contributed by atoms with Gasteiger partial charge in [-0.3, -0.25) is 0 Å². The molecular weight excluding hydrogens is 282 g/mol. The third-order valence-corrected chi connectivity index (χ3v) is 2.63. The van der Waals surface area contributed by atoms with E-state index in [9.17, 15) is 9.59 Å². The van der Waals surface area contributed by atoms with Crippen molar-refractivity contribution < 1.29 is 19.1 Å². The highest BCUT2D eigenvalue weighted by Crippen LogP contribution is 2.09. The summed E-state index contributed by atoms with van der Waals surface area (Å²) in [4.78, 5) is 22.9. The van der Waals surface area contributed by atoms with E-state index in [4.69, 9.17) is 14.7 Å². The first kappa shape index (κ1) is 17.2. The van der Waals surface area contributed by atoms with E-state index in [0.29, 0.717) is 0 Å². The van der Waals surface area contributed by atoms with Gasteiger partial charge in [0.25, 0.3) is 0 Å². The van der Waals surface area contributed by atoms with E-state index in [2.05, 4.69) is 6.58 Å². The zero-order valence-electron chi connectivity index (χ0n) is 12.6. The summed E-state index contributed by atoms with van der Waals surface area (Å²) >= 11 is 0. The zero-order valence-corrected chi connectivity index (χ0v) is 12.6. The fourth-order valence-corrected chi connectivity index (χ4v) is 1.44. The molecular formula is C17H17NO4. The van der Waals surface area contributed by atoms with E-state index in [-0.39, 0.29) is 24.4 Å². The van der Waals surface area contributed by atoms with Crippen molar-refractivity contribution in [3.63, 3.8) is 0 Å². The lowest BCUT2D eigenvalue weighted by atomic mass is 10.1. The maximum Gasteiger partial charge on any atom is 0.349 e. The number of ether oxygens (including phenoxy) is 2. The number of nitrogens with zero attached hydrogens (tertiary/aromatic N) is 1. The van der Waals surface area contributed by atoms with Gasteiger partial charge >= 0.3 is 11.9 Å². The molecule has 1 rings (SSSR count). The van der Waals surface area contributed by atoms with Crippen LogP contribution in [0.25, 0.3) is 6.08 Å². The van der Waals surface area contributed by atoms with Gasteiger partial charge in [-0.15, -0.1) is 0 Å². The number of rotatable bonds is 6. The molecule has 114 valence electrons. The fourth-order valence-electron chi connectivity index (χ4n) is 1.44. The summed E-state index contributed by atoms with van der Waals surface area (Å²) in [7, 11) is 0. The van der Waals surface area contributed by atoms with Crippen molar-refractivity contribution in [2.24, 2.45) is 0 Å². The number of carbonyl (C=O) groups excluding carboxylic acids is 2. The summed E-state index contributed by atoms with van der Waals surface area (Å²) in [5.41, 5.74) is 1.96. The molecule has 0 saturated heterocycles. The van der Waals surface area contributed by atoms with Gasteiger partial charge in [-0.1, -0.05) is 36.4 Å². The normalized spacial score (nSPS) is 10.5. The summed E-state index contributed by atoms with van der Waals surface area (Å²) < 4.78 is 9.67. The van der Waals surface area contributed by atoms with Gasteiger partial charge in [0.1, 0.15) is 24.9 Å². The lowest BCUT2D eigenvalue weighted by Crippen LogP contribution is -2.15. The van der Waals surface area contributed by atoms with Crippen molar-refractivity contribution >= 4 is 18.0 Å². The molecule has 1 aromatic rings. The molecule has 0 radical (unpaired) electrons. The molecule has 0 aliphatic rings. The molecule has 0 N–H and O–H groups in total. The van der Waals surface area contributed by atoms with Crippen LogP contribution in [0.1, 0.15) is 18.1 Å². The van der Waals surface area contributed by atoms with Crippen LogP contribution in [-0.4, -0.2) is 25.2 Å². The second-order valence-corrected chi connectivity index (χ2v) is 4.63. The van der Waals surface area contributed by atoms with E-state index in [0.717, 1.165) is 11.1 Å². The van der Waals surface area contributed by atoms with Gasteiger partial charge in [0.2, 0.25) is 0 Å². The SMILES string of the molecule is C=C(C)C(=O)OCCOC(=O)/C(C#N)=C/c1ccc(C)cc1. The fraction of sp³-hybridized carbons (Fsp3) is 0.235. The Morgan fingerprint density at radius 3 is 2.23 bits per heavy atom. The summed E-state index contributed by atoms with van der Waals surface area (Å²) in [6.45, 7) is 6.69. The number of aryl methyl sites for hydroxylation is 1. The summed E-state index contributed by atoms with van der Waals surface area (Å²) in [5, 5.41) is 9.01. The molecule has 5 nitrogen and oxygen atoms in total. The van der Waals surface area contributed by atoms with Crippen molar-refractivity contribution in [3.05, 3.63) is 53.1 Å². The molecule has 0 aromatic heterocycles. The Morgan fingerprint density at radius 2 is 1.73 bits per heavy atom. The Hall–Kier alpha value is -2.87. The van der Waals surface area contributed by atoms with Gasteiger partial charge in [-0.2, -0.15) is 5.26 Å². The molecule has 0 heterocycles. The van der Waals surface area contributed by atoms with Crippen molar-refractivity contribution in [2.75, 3.05) is 13.2 Å². The van der Waals surface area contributed by atoms with Crippen molar-refractivity contribution in [1.82, 2.24) is 0 Å². The Kier molecular flexibility index (Phi) is 6.58. The molecule has 22 heavy (non-hydrogen) atoms. The minimum atomic E-state index is -0.755. The molecule has 0 amide bonds. The Bertz CT molecular complexity index is 636. The van der Waals surface area contributed by atoms with Gasteiger partial charge in [-0.05, 0) is 25.5 Å². The van der Waals surface area contributed by atoms with Gasteiger partial charge in [0.15, 0.2) is 0 Å². The molecule has 5 heteroatoms. The molecule has 0 bridgehead atoms. The molecule has 0 aliphatic heterocycles. The molecule has 0 spiro atoms. The highest BCUT2D eigenvalue weighted by molar-refractivity contribution is 5.97. The highest BCUT2D eigenvalue weighted by atomic mass is 16.6. The molecule has 0 fully saturated rings. The summed E-state index contributed by atoms with van der Waals surface area (Å²) in [6, 6.07) is 9.15. The summed E-state index contributed by atoms with van der Waals surface area (Å²) in [5.74, 6) is -1.30. The number of benzene rings is 1. The lowest BCUT2D eigenvalue weighted by molar-refractivity contribution is -0.147. The highest BCUT2D eigenvalue weighted by Gasteiger charge is 2.11. The van der Waals surface area contributed by atoms with Gasteiger partial charge in [0.05, 0.1) is 0 Å². The van der Waals surface area contributed by atoms with E-state index < -0.39 is 11.9 Å². The quantitative estimate of drug-likeness (QED) is 0.349. The van der Waals surface area contributed by atoms with Crippen molar-refractivity contribution in [3.8, 4) is 6.07 Å². The van der Waals surface area contributed by atoms with Crippen LogP contribution in [0.4, 0.5) is 0 Å². The van der Waals surface area contributed by atoms with Crippen LogP contribution in [0.15, 0.2) is 42.0 Å². The van der Waals surface area contributed by atoms with Crippen molar-refractivity contribution in [1.29, 1.82) is 5.26 Å². The van der Waals surface area contributed by atoms with Crippen molar-refractivity contribution in [2.45, 2.75) is 13.8 Å². The zero-order chi connectivity index (χ0) is 16.5. The minimum absolute atomic E-state index is 0.0827. The number of hydrogen-bond acceptors (Lipinski definition) is 5. The maximum absolute atomic E-state index is 11.8. The first-order valence-corrected chi connectivity index (χ1v) is 6.62. The van der Waals surface area contributed by atoms with Gasteiger partial charge in [-0.25, -0.2) is 9.59 Å². The summed E-state index contributed by atoms with van der Waals surface area (Å²) in [6.07, 6.45) is 1.45. The van der Waals surface area contributed by atoms with Gasteiger partial charge < -0.3 is 9.47 Å². The van der Waals surface area contributed by atoms with E-state index in [1.807, 2.05) is 19.1 Å². The van der Waals surface area contributed by atoms with Crippen LogP contribution in [-0.2, 0) is 19.1 Å². The van der Waals surface area contributed by atoms with Crippen LogP contribution >= 0.6 is 0 Å². The predicted molar refractivity (Wildman–Crippen MR) is 81.5 cm³/mol. The first-order chi connectivity index (χ1) is 10.4. The number of carbonyl (C=O) groups is 2. The maximum atomic E-state index is 11.8. The lowest BCUT2D eigenvalue weighted by Gasteiger charge is -2.05. The van der Waals surface area contributed by atoms with Crippen LogP contribution in [0.2, 0.25) is 0 Å². The molecule has 0 atom stereocenters. The van der Waals surface area contributed by atoms with Gasteiger partial charge in [0, 0.05) is 5.57 Å². The Morgan fingerprint density at radius 1 is 1.18 bits per heavy atom. The van der Waals surface area contributed by atoms with Crippen LogP contribution in [0.3, 0.4) is 0 Å². The largest absolute Gasteiger partial charge is 0.459 e. The third kappa shape index (κ3) is 5.63. The average Bonchev–Trinajstić information content (AvgIpc) is 2.50. The number of nitriles is 1. The van der Waals surface area contributed by atoms with E-state index in [1.54, 1.807) is 18.2 Å². The molecule has 1 aromatic carbocycles. The molecule has 0 unspecified atom stereocenters. The molecule has 0 aliphatic carbocycles. The monoisotopic (exact) mass is 299 g/mol. The standard InChI is InChI=1S/C17H17NO4/c1-12(2)16(19)21-8-9-22-17(20)15(11-18)10-14-6-4-13(3)5-7-14/h4-7,10H,1,8-9H2,2-3H3/b15-10+. The van der Waals surface area contributed by atoms with E-state index in [1.165, 1.54) is 13.0 Å². The third-order valence-electron chi connectivity index (χ3n) is 2.63. The predicted octanol–water partition coefficient (Wildman–Crippen LogP) is 2.56. The topological polar surface area (TPSA) is 76.4 Å². The number of hydrogen-bond donors (Lipinski definition) is 0.